The number of ether oxygens (including phenoxy) is 2. The third kappa shape index (κ3) is 4.66. The number of nitrogens with one attached hydrogen (secondary N) is 1. The van der Waals surface area contributed by atoms with Crippen LogP contribution in [-0.4, -0.2) is 20.1 Å². The Morgan fingerprint density at radius 1 is 1.14 bits per heavy atom. The van der Waals surface area contributed by atoms with Crippen LogP contribution in [0.3, 0.4) is 0 Å². The molecule has 0 aliphatic heterocycles. The highest BCUT2D eigenvalue weighted by molar-refractivity contribution is 5.91. The van der Waals surface area contributed by atoms with E-state index >= 15 is 0 Å². The maximum atomic E-state index is 11.1. The van der Waals surface area contributed by atoms with Crippen molar-refractivity contribution in [2.45, 2.75) is 6.61 Å². The smallest absolute Gasteiger partial charge is 0.243 e. The predicted octanol–water partition coefficient (Wildman–Crippen LogP) is 3.03. The molecule has 4 heteroatoms. The normalized spacial score (nSPS) is 10.5. The van der Waals surface area contributed by atoms with E-state index in [0.29, 0.717) is 6.61 Å². The Labute approximate surface area is 130 Å². The molecule has 0 saturated heterocycles. The Morgan fingerprint density at radius 3 is 2.59 bits per heavy atom. The summed E-state index contributed by atoms with van der Waals surface area (Å²) in [6, 6.07) is 15.3. The quantitative estimate of drug-likeness (QED) is 0.834. The number of hydrogen-bond acceptors (Lipinski definition) is 3. The minimum atomic E-state index is -0.127. The fourth-order valence-electron chi connectivity index (χ4n) is 1.86. The van der Waals surface area contributed by atoms with Crippen LogP contribution in [0, 0.1) is 0 Å². The van der Waals surface area contributed by atoms with Gasteiger partial charge in [0.2, 0.25) is 5.91 Å². The molecule has 0 spiro atoms. The van der Waals surface area contributed by atoms with Crippen molar-refractivity contribution in [3.05, 3.63) is 65.7 Å². The highest BCUT2D eigenvalue weighted by Gasteiger charge is 1.98. The third-order valence-corrected chi connectivity index (χ3v) is 3.09. The molecule has 2 aromatic rings. The Hall–Kier alpha value is -2.75. The number of carbonyl (C=O) groups excluding carboxylic acids is 1. The van der Waals surface area contributed by atoms with Gasteiger partial charge < -0.3 is 14.8 Å². The van der Waals surface area contributed by atoms with Gasteiger partial charge in [0.1, 0.15) is 18.1 Å². The topological polar surface area (TPSA) is 47.6 Å². The number of methoxy groups -OCH3 is 1. The Morgan fingerprint density at radius 2 is 1.91 bits per heavy atom. The van der Waals surface area contributed by atoms with E-state index < -0.39 is 0 Å². The first kappa shape index (κ1) is 15.6. The Bertz CT molecular complexity index is 648. The molecule has 114 valence electrons. The van der Waals surface area contributed by atoms with Crippen LogP contribution in [0.2, 0.25) is 0 Å². The lowest BCUT2D eigenvalue weighted by Gasteiger charge is -2.08. The zero-order chi connectivity index (χ0) is 15.8. The molecule has 22 heavy (non-hydrogen) atoms. The van der Waals surface area contributed by atoms with Gasteiger partial charge in [0.15, 0.2) is 0 Å². The first-order chi connectivity index (χ1) is 10.7. The van der Waals surface area contributed by atoms with Crippen LogP contribution < -0.4 is 14.8 Å². The number of hydrogen-bond donors (Lipinski definition) is 1. The SMILES string of the molecule is CNC(=O)/C=C/c1ccc(OCc2cccc(OC)c2)cc1. The molecule has 0 aliphatic rings. The average molecular weight is 297 g/mol. The van der Waals surface area contributed by atoms with Gasteiger partial charge in [-0.2, -0.15) is 0 Å². The molecular weight excluding hydrogens is 278 g/mol. The van der Waals surface area contributed by atoms with Crippen molar-refractivity contribution >= 4 is 12.0 Å². The van der Waals surface area contributed by atoms with E-state index in [2.05, 4.69) is 5.32 Å². The first-order valence-electron chi connectivity index (χ1n) is 6.97. The summed E-state index contributed by atoms with van der Waals surface area (Å²) in [5.74, 6) is 1.47. The van der Waals surface area contributed by atoms with Crippen molar-refractivity contribution in [2.75, 3.05) is 14.2 Å². The maximum absolute atomic E-state index is 11.1. The summed E-state index contributed by atoms with van der Waals surface area (Å²) in [6.45, 7) is 0.477. The minimum Gasteiger partial charge on any atom is -0.497 e. The lowest BCUT2D eigenvalue weighted by molar-refractivity contribution is -0.115. The number of benzene rings is 2. The van der Waals surface area contributed by atoms with E-state index in [9.17, 15) is 4.79 Å². The zero-order valence-corrected chi connectivity index (χ0v) is 12.7. The summed E-state index contributed by atoms with van der Waals surface area (Å²) in [7, 11) is 3.24. The lowest BCUT2D eigenvalue weighted by Crippen LogP contribution is -2.13. The molecule has 0 atom stereocenters. The van der Waals surface area contributed by atoms with E-state index in [1.165, 1.54) is 6.08 Å². The van der Waals surface area contributed by atoms with Gasteiger partial charge in [-0.05, 0) is 41.5 Å². The second-order valence-corrected chi connectivity index (χ2v) is 4.66. The summed E-state index contributed by atoms with van der Waals surface area (Å²) in [5.41, 5.74) is 1.99. The van der Waals surface area contributed by atoms with Gasteiger partial charge in [-0.25, -0.2) is 0 Å². The van der Waals surface area contributed by atoms with Crippen molar-refractivity contribution in [1.82, 2.24) is 5.32 Å². The molecule has 2 rings (SSSR count). The number of rotatable bonds is 6. The zero-order valence-electron chi connectivity index (χ0n) is 12.7. The highest BCUT2D eigenvalue weighted by Crippen LogP contribution is 2.17. The molecule has 0 saturated carbocycles. The monoisotopic (exact) mass is 297 g/mol. The van der Waals surface area contributed by atoms with Crippen LogP contribution in [-0.2, 0) is 11.4 Å². The maximum Gasteiger partial charge on any atom is 0.243 e. The molecule has 0 fully saturated rings. The van der Waals surface area contributed by atoms with Crippen molar-refractivity contribution < 1.29 is 14.3 Å². The van der Waals surface area contributed by atoms with Crippen LogP contribution >= 0.6 is 0 Å². The first-order valence-corrected chi connectivity index (χ1v) is 6.97. The molecular formula is C18H19NO3. The van der Waals surface area contributed by atoms with Crippen molar-refractivity contribution in [1.29, 1.82) is 0 Å². The van der Waals surface area contributed by atoms with Gasteiger partial charge in [0.05, 0.1) is 7.11 Å². The molecule has 0 radical (unpaired) electrons. The molecule has 0 heterocycles. The number of amides is 1. The van der Waals surface area contributed by atoms with E-state index in [1.54, 1.807) is 20.2 Å². The van der Waals surface area contributed by atoms with Crippen LogP contribution in [0.25, 0.3) is 6.08 Å². The molecule has 1 N–H and O–H groups in total. The Kier molecular flexibility index (Phi) is 5.60. The van der Waals surface area contributed by atoms with E-state index in [4.69, 9.17) is 9.47 Å². The molecule has 0 aromatic heterocycles. The van der Waals surface area contributed by atoms with Crippen LogP contribution in [0.4, 0.5) is 0 Å². The third-order valence-electron chi connectivity index (χ3n) is 3.09. The van der Waals surface area contributed by atoms with Crippen molar-refractivity contribution in [3.8, 4) is 11.5 Å². The molecule has 0 bridgehead atoms. The van der Waals surface area contributed by atoms with E-state index in [0.717, 1.165) is 22.6 Å². The standard InChI is InChI=1S/C18H19NO3/c1-19-18(20)11-8-14-6-9-16(10-7-14)22-13-15-4-3-5-17(12-15)21-2/h3-12H,13H2,1-2H3,(H,19,20)/b11-8+. The van der Waals surface area contributed by atoms with Gasteiger partial charge in [0.25, 0.3) is 0 Å². The van der Waals surface area contributed by atoms with Crippen molar-refractivity contribution in [3.63, 3.8) is 0 Å². The van der Waals surface area contributed by atoms with Crippen LogP contribution in [0.5, 0.6) is 11.5 Å². The summed E-state index contributed by atoms with van der Waals surface area (Å²) in [5, 5.41) is 2.53. The van der Waals surface area contributed by atoms with Gasteiger partial charge in [0, 0.05) is 13.1 Å². The lowest BCUT2D eigenvalue weighted by atomic mass is 10.2. The fourth-order valence-corrected chi connectivity index (χ4v) is 1.86. The van der Waals surface area contributed by atoms with Gasteiger partial charge in [-0.15, -0.1) is 0 Å². The minimum absolute atomic E-state index is 0.127. The van der Waals surface area contributed by atoms with E-state index in [-0.39, 0.29) is 5.91 Å². The molecule has 0 aliphatic carbocycles. The summed E-state index contributed by atoms with van der Waals surface area (Å²) in [6.07, 6.45) is 3.25. The number of likely N-dealkylation sites (N-methyl/N-ethyl adjacent to an activating group) is 1. The number of carbonyl (C=O) groups is 1. The summed E-state index contributed by atoms with van der Waals surface area (Å²) in [4.78, 5) is 11.1. The Balaban J connectivity index is 1.93. The van der Waals surface area contributed by atoms with Gasteiger partial charge in [-0.3, -0.25) is 4.79 Å². The molecule has 0 unspecified atom stereocenters. The largest absolute Gasteiger partial charge is 0.497 e. The molecule has 4 nitrogen and oxygen atoms in total. The van der Waals surface area contributed by atoms with E-state index in [1.807, 2.05) is 48.5 Å². The average Bonchev–Trinajstić information content (AvgIpc) is 2.58. The molecule has 2 aromatic carbocycles. The molecule has 1 amide bonds. The summed E-state index contributed by atoms with van der Waals surface area (Å²) < 4.78 is 10.9. The van der Waals surface area contributed by atoms with Gasteiger partial charge >= 0.3 is 0 Å². The highest BCUT2D eigenvalue weighted by atomic mass is 16.5. The predicted molar refractivity (Wildman–Crippen MR) is 86.9 cm³/mol. The second-order valence-electron chi connectivity index (χ2n) is 4.66. The van der Waals surface area contributed by atoms with Gasteiger partial charge in [-0.1, -0.05) is 24.3 Å². The summed E-state index contributed by atoms with van der Waals surface area (Å²) >= 11 is 0. The van der Waals surface area contributed by atoms with Crippen LogP contribution in [0.15, 0.2) is 54.6 Å². The second kappa shape index (κ2) is 7.88. The van der Waals surface area contributed by atoms with Crippen LogP contribution in [0.1, 0.15) is 11.1 Å². The van der Waals surface area contributed by atoms with Crippen molar-refractivity contribution in [2.24, 2.45) is 0 Å². The fraction of sp³-hybridized carbons (Fsp3) is 0.167.